The van der Waals surface area contributed by atoms with E-state index < -0.39 is 5.82 Å². The van der Waals surface area contributed by atoms with Gasteiger partial charge in [0, 0.05) is 5.41 Å². The molecule has 4 heteroatoms. The quantitative estimate of drug-likeness (QED) is 0.693. The van der Waals surface area contributed by atoms with Crippen molar-refractivity contribution in [2.75, 3.05) is 0 Å². The molecule has 2 nitrogen and oxygen atoms in total. The Balaban J connectivity index is 1.75. The van der Waals surface area contributed by atoms with E-state index in [-0.39, 0.29) is 16.0 Å². The minimum Gasteiger partial charge on any atom is -0.505 e. The first-order valence-corrected chi connectivity index (χ1v) is 9.03. The molecule has 0 unspecified atom stereocenters. The Hall–Kier alpha value is -0.900. The van der Waals surface area contributed by atoms with Gasteiger partial charge < -0.3 is 5.11 Å². The first-order chi connectivity index (χ1) is 10.4. The molecule has 0 spiro atoms. The van der Waals surface area contributed by atoms with Crippen LogP contribution in [0.4, 0.5) is 4.39 Å². The van der Waals surface area contributed by atoms with Crippen molar-refractivity contribution in [1.82, 2.24) is 0 Å². The summed E-state index contributed by atoms with van der Waals surface area (Å²) in [6.45, 7) is 2.13. The molecule has 0 bridgehead atoms. The lowest BCUT2D eigenvalue weighted by Crippen LogP contribution is -2.42. The summed E-state index contributed by atoms with van der Waals surface area (Å²) in [5.74, 6) is 0.871. The number of phenolic OH excluding ortho intramolecular Hbond substituents is 1. The van der Waals surface area contributed by atoms with E-state index >= 15 is 0 Å². The van der Waals surface area contributed by atoms with Crippen LogP contribution >= 0.6 is 15.9 Å². The van der Waals surface area contributed by atoms with Crippen molar-refractivity contribution in [3.05, 3.63) is 29.1 Å². The van der Waals surface area contributed by atoms with Crippen LogP contribution in [0.5, 0.6) is 5.75 Å². The maximum absolute atomic E-state index is 14.2. The molecule has 0 saturated heterocycles. The van der Waals surface area contributed by atoms with Gasteiger partial charge in [0.15, 0.2) is 17.3 Å². The van der Waals surface area contributed by atoms with Gasteiger partial charge in [-0.15, -0.1) is 0 Å². The van der Waals surface area contributed by atoms with Gasteiger partial charge in [-0.1, -0.05) is 28.9 Å². The lowest BCUT2D eigenvalue weighted by atomic mass is 9.55. The first-order valence-electron chi connectivity index (χ1n) is 8.12. The third-order valence-electron chi connectivity index (χ3n) is 6.52. The molecule has 4 rings (SSSR count). The average molecular weight is 367 g/mol. The molecule has 118 valence electrons. The average Bonchev–Trinajstić information content (AvgIpc) is 2.74. The number of hydrogen-bond donors (Lipinski definition) is 1. The summed E-state index contributed by atoms with van der Waals surface area (Å²) >= 11 is 3.56. The van der Waals surface area contributed by atoms with Gasteiger partial charge in [0.1, 0.15) is 0 Å². The van der Waals surface area contributed by atoms with Crippen LogP contribution in [0.3, 0.4) is 0 Å². The molecular weight excluding hydrogens is 347 g/mol. The zero-order chi connectivity index (χ0) is 15.6. The van der Waals surface area contributed by atoms with Gasteiger partial charge in [-0.3, -0.25) is 4.79 Å². The van der Waals surface area contributed by atoms with Crippen molar-refractivity contribution < 1.29 is 14.3 Å². The van der Waals surface area contributed by atoms with Crippen LogP contribution < -0.4 is 0 Å². The Labute approximate surface area is 138 Å². The SMILES string of the molecule is C[C@]12CC[C@@H]3c4ccc(O)c(F)c4CC[C@H]3[C@@H]1C[C@@H](Br)C2=O. The topological polar surface area (TPSA) is 37.3 Å². The smallest absolute Gasteiger partial charge is 0.168 e. The lowest BCUT2D eigenvalue weighted by Gasteiger charge is -2.48. The highest BCUT2D eigenvalue weighted by Crippen LogP contribution is 2.60. The van der Waals surface area contributed by atoms with Crippen LogP contribution in [0.15, 0.2) is 12.1 Å². The molecule has 2 saturated carbocycles. The molecule has 5 atom stereocenters. The molecule has 0 heterocycles. The fourth-order valence-electron chi connectivity index (χ4n) is 5.36. The molecule has 0 aromatic heterocycles. The number of phenols is 1. The number of rotatable bonds is 0. The van der Waals surface area contributed by atoms with Crippen molar-refractivity contribution in [3.63, 3.8) is 0 Å². The fourth-order valence-corrected chi connectivity index (χ4v) is 6.29. The highest BCUT2D eigenvalue weighted by Gasteiger charge is 2.57. The van der Waals surface area contributed by atoms with E-state index in [1.807, 2.05) is 6.07 Å². The van der Waals surface area contributed by atoms with Crippen LogP contribution in [0.1, 0.15) is 49.7 Å². The van der Waals surface area contributed by atoms with Crippen LogP contribution in [0.25, 0.3) is 0 Å². The van der Waals surface area contributed by atoms with Gasteiger partial charge in [0.05, 0.1) is 4.83 Å². The molecular formula is C18H20BrFO2. The summed E-state index contributed by atoms with van der Waals surface area (Å²) in [5, 5.41) is 9.61. The predicted molar refractivity (Wildman–Crippen MR) is 85.8 cm³/mol. The van der Waals surface area contributed by atoms with E-state index in [1.165, 1.54) is 6.07 Å². The second-order valence-corrected chi connectivity index (χ2v) is 8.51. The number of Topliss-reactive ketones (excluding diaryl/α,β-unsaturated/α-hetero) is 1. The Morgan fingerprint density at radius 3 is 2.91 bits per heavy atom. The van der Waals surface area contributed by atoms with Crippen molar-refractivity contribution in [3.8, 4) is 5.75 Å². The zero-order valence-corrected chi connectivity index (χ0v) is 14.2. The van der Waals surface area contributed by atoms with E-state index in [9.17, 15) is 14.3 Å². The molecule has 3 aliphatic carbocycles. The van der Waals surface area contributed by atoms with Crippen LogP contribution in [0, 0.1) is 23.1 Å². The molecule has 1 aromatic carbocycles. The third kappa shape index (κ3) is 1.79. The molecule has 0 radical (unpaired) electrons. The standard InChI is InChI=1S/C18H20BrFO2/c1-18-7-6-10-9-4-5-15(21)16(20)12(9)3-2-11(10)13(18)8-14(19)17(18)22/h4-5,10-11,13-14,21H,2-3,6-8H2,1H3/t10-,11-,13+,14-,18+/m1/s1. The molecule has 22 heavy (non-hydrogen) atoms. The van der Waals surface area contributed by atoms with E-state index in [4.69, 9.17) is 0 Å². The summed E-state index contributed by atoms with van der Waals surface area (Å²) < 4.78 is 14.2. The molecule has 1 aromatic rings. The first kappa shape index (κ1) is 14.7. The van der Waals surface area contributed by atoms with Gasteiger partial charge >= 0.3 is 0 Å². The highest BCUT2D eigenvalue weighted by molar-refractivity contribution is 9.10. The summed E-state index contributed by atoms with van der Waals surface area (Å²) in [6, 6.07) is 3.38. The van der Waals surface area contributed by atoms with Gasteiger partial charge in [-0.25, -0.2) is 4.39 Å². The van der Waals surface area contributed by atoms with Crippen molar-refractivity contribution in [2.45, 2.75) is 49.8 Å². The zero-order valence-electron chi connectivity index (χ0n) is 12.6. The maximum Gasteiger partial charge on any atom is 0.168 e. The minimum atomic E-state index is -0.440. The van der Waals surface area contributed by atoms with Gasteiger partial charge in [0.25, 0.3) is 0 Å². The number of aromatic hydroxyl groups is 1. The number of benzene rings is 1. The van der Waals surface area contributed by atoms with Crippen molar-refractivity contribution in [2.24, 2.45) is 17.3 Å². The van der Waals surface area contributed by atoms with Crippen LogP contribution in [-0.4, -0.2) is 15.7 Å². The number of hydrogen-bond acceptors (Lipinski definition) is 2. The van der Waals surface area contributed by atoms with E-state index in [0.717, 1.165) is 31.2 Å². The van der Waals surface area contributed by atoms with Crippen LogP contribution in [-0.2, 0) is 11.2 Å². The number of carbonyl (C=O) groups is 1. The van der Waals surface area contributed by atoms with Crippen molar-refractivity contribution in [1.29, 1.82) is 0 Å². The summed E-state index contributed by atoms with van der Waals surface area (Å²) in [5.41, 5.74) is 1.56. The molecule has 0 aliphatic heterocycles. The fraction of sp³-hybridized carbons (Fsp3) is 0.611. The second kappa shape index (κ2) is 4.80. The van der Waals surface area contributed by atoms with E-state index in [2.05, 4.69) is 22.9 Å². The molecule has 3 aliphatic rings. The summed E-state index contributed by atoms with van der Waals surface area (Å²) in [7, 11) is 0. The Bertz CT molecular complexity index is 659. The maximum atomic E-state index is 14.2. The van der Waals surface area contributed by atoms with E-state index in [0.29, 0.717) is 35.5 Å². The lowest BCUT2D eigenvalue weighted by molar-refractivity contribution is -0.128. The number of fused-ring (bicyclic) bond motifs is 5. The van der Waals surface area contributed by atoms with Gasteiger partial charge in [-0.05, 0) is 67.1 Å². The van der Waals surface area contributed by atoms with Gasteiger partial charge in [-0.2, -0.15) is 0 Å². The number of carbonyl (C=O) groups excluding carboxylic acids is 1. The van der Waals surface area contributed by atoms with E-state index in [1.54, 1.807) is 0 Å². The Morgan fingerprint density at radius 2 is 2.14 bits per heavy atom. The minimum absolute atomic E-state index is 0.0146. The molecule has 2 fully saturated rings. The summed E-state index contributed by atoms with van der Waals surface area (Å²) in [4.78, 5) is 12.5. The molecule has 0 amide bonds. The normalized spacial score (nSPS) is 40.0. The Kier molecular flexibility index (Phi) is 3.20. The monoisotopic (exact) mass is 366 g/mol. The highest BCUT2D eigenvalue weighted by atomic mass is 79.9. The number of halogens is 2. The third-order valence-corrected chi connectivity index (χ3v) is 7.31. The van der Waals surface area contributed by atoms with Crippen molar-refractivity contribution >= 4 is 21.7 Å². The Morgan fingerprint density at radius 1 is 1.36 bits per heavy atom. The summed E-state index contributed by atoms with van der Waals surface area (Å²) in [6.07, 6.45) is 4.34. The number of alkyl halides is 1. The van der Waals surface area contributed by atoms with Gasteiger partial charge in [0.2, 0.25) is 0 Å². The second-order valence-electron chi connectivity index (χ2n) is 7.41. The largest absolute Gasteiger partial charge is 0.505 e. The molecule has 1 N–H and O–H groups in total. The van der Waals surface area contributed by atoms with Crippen LogP contribution in [0.2, 0.25) is 0 Å². The number of ketones is 1. The predicted octanol–water partition coefficient (Wildman–Crippen LogP) is 4.33.